The van der Waals surface area contributed by atoms with Gasteiger partial charge < -0.3 is 10.5 Å². The van der Waals surface area contributed by atoms with Crippen LogP contribution < -0.4 is 16.7 Å². The van der Waals surface area contributed by atoms with E-state index in [-0.39, 0.29) is 17.5 Å². The van der Waals surface area contributed by atoms with Gasteiger partial charge in [0.25, 0.3) is 5.56 Å². The molecule has 1 aromatic carbocycles. The maximum atomic E-state index is 12.0. The zero-order valence-electron chi connectivity index (χ0n) is 13.8. The summed E-state index contributed by atoms with van der Waals surface area (Å²) in [6, 6.07) is 8.16. The normalized spacial score (nSPS) is 17.0. The number of nitrogens with one attached hydrogen (secondary N) is 2. The Balaban J connectivity index is 1.87. The van der Waals surface area contributed by atoms with Crippen LogP contribution in [0.5, 0.6) is 5.88 Å². The number of rotatable bonds is 3. The molecule has 0 amide bonds. The lowest BCUT2D eigenvalue weighted by Crippen LogP contribution is -2.32. The monoisotopic (exact) mass is 328 g/mol. The van der Waals surface area contributed by atoms with Crippen molar-refractivity contribution in [1.82, 2.24) is 15.0 Å². The maximum absolute atomic E-state index is 12.0. The summed E-state index contributed by atoms with van der Waals surface area (Å²) in [5, 5.41) is 14.3. The average molecular weight is 328 g/mol. The number of hydrogen-bond acceptors (Lipinski definition) is 5. The van der Waals surface area contributed by atoms with Gasteiger partial charge in [0.05, 0.1) is 11.8 Å². The van der Waals surface area contributed by atoms with Gasteiger partial charge >= 0.3 is 5.69 Å². The Morgan fingerprint density at radius 1 is 1.25 bits per heavy atom. The molecule has 2 aromatic rings. The lowest BCUT2D eigenvalue weighted by atomic mass is 9.96. The molecule has 7 heteroatoms. The van der Waals surface area contributed by atoms with E-state index in [9.17, 15) is 14.7 Å². The number of hydrazone groups is 1. The number of aromatic hydroxyl groups is 1. The summed E-state index contributed by atoms with van der Waals surface area (Å²) in [5.74, 6) is 0.0867. The first-order valence-corrected chi connectivity index (χ1v) is 7.83. The highest BCUT2D eigenvalue weighted by Gasteiger charge is 2.26. The van der Waals surface area contributed by atoms with Gasteiger partial charge in [-0.25, -0.2) is 4.79 Å². The standard InChI is InChI=1S/C17H20N4O3/c1-9(2)10-4-6-11(7-5-10)12-8-13(20-19-12)14-15(22)18-17(24)21(3)16(14)23/h4-7,9,12,19,23H,8H2,1-3H3,(H,18,22,24)/t12-/m0/s1. The Hall–Kier alpha value is -2.83. The van der Waals surface area contributed by atoms with Gasteiger partial charge in [-0.3, -0.25) is 14.3 Å². The van der Waals surface area contributed by atoms with Crippen LogP contribution in [-0.4, -0.2) is 20.4 Å². The fourth-order valence-electron chi connectivity index (χ4n) is 2.77. The van der Waals surface area contributed by atoms with Crippen molar-refractivity contribution < 1.29 is 5.11 Å². The smallest absolute Gasteiger partial charge is 0.330 e. The quantitative estimate of drug-likeness (QED) is 0.791. The van der Waals surface area contributed by atoms with Crippen molar-refractivity contribution in [2.45, 2.75) is 32.2 Å². The predicted octanol–water partition coefficient (Wildman–Crippen LogP) is 1.34. The van der Waals surface area contributed by atoms with Crippen molar-refractivity contribution in [3.63, 3.8) is 0 Å². The summed E-state index contributed by atoms with van der Waals surface area (Å²) in [6.45, 7) is 4.28. The van der Waals surface area contributed by atoms with Gasteiger partial charge in [0.1, 0.15) is 5.56 Å². The maximum Gasteiger partial charge on any atom is 0.330 e. The summed E-state index contributed by atoms with van der Waals surface area (Å²) in [6.07, 6.45) is 0.454. The summed E-state index contributed by atoms with van der Waals surface area (Å²) < 4.78 is 0.990. The molecule has 24 heavy (non-hydrogen) atoms. The topological polar surface area (TPSA) is 99.5 Å². The first-order valence-electron chi connectivity index (χ1n) is 7.83. The summed E-state index contributed by atoms with van der Waals surface area (Å²) in [4.78, 5) is 25.7. The predicted molar refractivity (Wildman–Crippen MR) is 91.5 cm³/mol. The second kappa shape index (κ2) is 5.99. The molecule has 7 nitrogen and oxygen atoms in total. The number of H-pyrrole nitrogens is 1. The van der Waals surface area contributed by atoms with Crippen LogP contribution in [0.4, 0.5) is 0 Å². The number of benzene rings is 1. The molecule has 3 N–H and O–H groups in total. The van der Waals surface area contributed by atoms with Crippen LogP contribution in [0, 0.1) is 0 Å². The molecule has 2 heterocycles. The Morgan fingerprint density at radius 2 is 1.92 bits per heavy atom. The Labute approximate surface area is 138 Å². The van der Waals surface area contributed by atoms with Crippen LogP contribution in [0.25, 0.3) is 0 Å². The van der Waals surface area contributed by atoms with E-state index in [2.05, 4.69) is 41.5 Å². The molecule has 1 aliphatic rings. The SMILES string of the molecule is CC(C)c1ccc([C@@H]2CC(c3c(O)n(C)c(=O)[nH]c3=O)=NN2)cc1. The molecule has 3 rings (SSSR count). The van der Waals surface area contributed by atoms with E-state index in [4.69, 9.17) is 0 Å². The molecule has 0 saturated heterocycles. The van der Waals surface area contributed by atoms with Crippen LogP contribution in [0.15, 0.2) is 39.0 Å². The Kier molecular flexibility index (Phi) is 4.01. The highest BCUT2D eigenvalue weighted by molar-refractivity contribution is 6.03. The Morgan fingerprint density at radius 3 is 2.54 bits per heavy atom. The van der Waals surface area contributed by atoms with Gasteiger partial charge in [-0.1, -0.05) is 38.1 Å². The zero-order valence-corrected chi connectivity index (χ0v) is 13.8. The van der Waals surface area contributed by atoms with Gasteiger partial charge in [0.15, 0.2) is 0 Å². The second-order valence-electron chi connectivity index (χ2n) is 6.28. The van der Waals surface area contributed by atoms with Crippen LogP contribution in [0.3, 0.4) is 0 Å². The molecular formula is C17H20N4O3. The van der Waals surface area contributed by atoms with E-state index in [0.717, 1.165) is 10.1 Å². The lowest BCUT2D eigenvalue weighted by Gasteiger charge is -2.12. The molecule has 0 saturated carbocycles. The minimum atomic E-state index is -0.659. The van der Waals surface area contributed by atoms with Gasteiger partial charge in [0, 0.05) is 13.5 Å². The molecule has 0 unspecified atom stereocenters. The summed E-state index contributed by atoms with van der Waals surface area (Å²) in [7, 11) is 1.39. The number of nitrogens with zero attached hydrogens (tertiary/aromatic N) is 2. The first kappa shape index (κ1) is 16.0. The third-order valence-corrected chi connectivity index (χ3v) is 4.34. The third-order valence-electron chi connectivity index (χ3n) is 4.34. The lowest BCUT2D eigenvalue weighted by molar-refractivity contribution is 0.416. The van der Waals surface area contributed by atoms with Gasteiger partial charge in [-0.2, -0.15) is 5.10 Å². The van der Waals surface area contributed by atoms with Crippen LogP contribution in [0.2, 0.25) is 0 Å². The molecule has 1 aromatic heterocycles. The molecule has 0 spiro atoms. The van der Waals surface area contributed by atoms with Crippen molar-refractivity contribution in [1.29, 1.82) is 0 Å². The van der Waals surface area contributed by atoms with Crippen molar-refractivity contribution in [2.24, 2.45) is 12.1 Å². The molecule has 0 bridgehead atoms. The third kappa shape index (κ3) is 2.73. The van der Waals surface area contributed by atoms with E-state index in [0.29, 0.717) is 18.1 Å². The fraction of sp³-hybridized carbons (Fsp3) is 0.353. The van der Waals surface area contributed by atoms with Gasteiger partial charge in [-0.15, -0.1) is 0 Å². The minimum absolute atomic E-state index is 0.0332. The molecule has 1 aliphatic heterocycles. The van der Waals surface area contributed by atoms with E-state index in [1.54, 1.807) is 0 Å². The number of aromatic amines is 1. The second-order valence-corrected chi connectivity index (χ2v) is 6.28. The fourth-order valence-corrected chi connectivity index (χ4v) is 2.77. The largest absolute Gasteiger partial charge is 0.494 e. The van der Waals surface area contributed by atoms with Crippen LogP contribution in [-0.2, 0) is 7.05 Å². The van der Waals surface area contributed by atoms with Crippen LogP contribution in [0.1, 0.15) is 48.9 Å². The average Bonchev–Trinajstić information content (AvgIpc) is 3.02. The molecule has 126 valence electrons. The van der Waals surface area contributed by atoms with E-state index >= 15 is 0 Å². The molecule has 1 atom stereocenters. The van der Waals surface area contributed by atoms with E-state index in [1.807, 2.05) is 12.1 Å². The van der Waals surface area contributed by atoms with Crippen molar-refractivity contribution >= 4 is 5.71 Å². The summed E-state index contributed by atoms with van der Waals surface area (Å²) >= 11 is 0. The Bertz CT molecular complexity index is 907. The van der Waals surface area contributed by atoms with Crippen LogP contribution >= 0.6 is 0 Å². The molecular weight excluding hydrogens is 308 g/mol. The minimum Gasteiger partial charge on any atom is -0.494 e. The van der Waals surface area contributed by atoms with E-state index < -0.39 is 11.2 Å². The first-order chi connectivity index (χ1) is 11.4. The molecule has 0 fully saturated rings. The van der Waals surface area contributed by atoms with Crippen molar-refractivity contribution in [3.8, 4) is 5.88 Å². The number of hydrogen-bond donors (Lipinski definition) is 3. The van der Waals surface area contributed by atoms with Crippen molar-refractivity contribution in [3.05, 3.63) is 61.8 Å². The summed E-state index contributed by atoms with van der Waals surface area (Å²) in [5.41, 5.74) is 4.48. The molecule has 0 radical (unpaired) electrons. The van der Waals surface area contributed by atoms with E-state index in [1.165, 1.54) is 12.6 Å². The zero-order chi connectivity index (χ0) is 17.4. The molecule has 0 aliphatic carbocycles. The van der Waals surface area contributed by atoms with Gasteiger partial charge in [-0.05, 0) is 17.0 Å². The number of aromatic nitrogens is 2. The van der Waals surface area contributed by atoms with Gasteiger partial charge in [0.2, 0.25) is 5.88 Å². The van der Waals surface area contributed by atoms with Crippen molar-refractivity contribution in [2.75, 3.05) is 0 Å². The highest BCUT2D eigenvalue weighted by atomic mass is 16.3. The highest BCUT2D eigenvalue weighted by Crippen LogP contribution is 2.27.